The minimum Gasteiger partial charge on any atom is -0.369 e. The number of aromatic nitrogens is 2. The van der Waals surface area contributed by atoms with Gasteiger partial charge in [0, 0.05) is 30.4 Å². The molecule has 2 N–H and O–H groups in total. The third kappa shape index (κ3) is 5.04. The Labute approximate surface area is 155 Å². The van der Waals surface area contributed by atoms with Crippen LogP contribution in [0.25, 0.3) is 11.3 Å². The molecule has 3 aromatic rings. The fourth-order valence-corrected chi connectivity index (χ4v) is 2.52. The Kier molecular flexibility index (Phi) is 5.81. The van der Waals surface area contributed by atoms with Gasteiger partial charge in [0.05, 0.1) is 5.69 Å². The van der Waals surface area contributed by atoms with Gasteiger partial charge in [0.2, 0.25) is 5.95 Å². The molecule has 0 fully saturated rings. The van der Waals surface area contributed by atoms with Crippen LogP contribution in [-0.4, -0.2) is 42.1 Å². The second-order valence-corrected chi connectivity index (χ2v) is 6.55. The molecule has 5 heteroatoms. The van der Waals surface area contributed by atoms with Gasteiger partial charge >= 0.3 is 0 Å². The summed E-state index contributed by atoms with van der Waals surface area (Å²) in [6.07, 6.45) is 0. The second-order valence-electron chi connectivity index (χ2n) is 6.55. The van der Waals surface area contributed by atoms with Crippen molar-refractivity contribution in [2.45, 2.75) is 6.92 Å². The van der Waals surface area contributed by atoms with E-state index in [1.54, 1.807) is 0 Å². The molecule has 2 aromatic carbocycles. The fourth-order valence-electron chi connectivity index (χ4n) is 2.52. The van der Waals surface area contributed by atoms with E-state index >= 15 is 0 Å². The van der Waals surface area contributed by atoms with Gasteiger partial charge in [-0.2, -0.15) is 4.98 Å². The lowest BCUT2D eigenvalue weighted by Gasteiger charge is -2.13. The van der Waals surface area contributed by atoms with E-state index in [4.69, 9.17) is 4.98 Å². The lowest BCUT2D eigenvalue weighted by Crippen LogP contribution is -2.21. The normalized spacial score (nSPS) is 10.8. The van der Waals surface area contributed by atoms with Crippen molar-refractivity contribution in [1.82, 2.24) is 14.9 Å². The summed E-state index contributed by atoms with van der Waals surface area (Å²) in [5.41, 5.74) is 4.15. The van der Waals surface area contributed by atoms with Gasteiger partial charge in [0.1, 0.15) is 5.82 Å². The summed E-state index contributed by atoms with van der Waals surface area (Å²) in [5, 5.41) is 6.70. The summed E-state index contributed by atoms with van der Waals surface area (Å²) in [6.45, 7) is 3.83. The first-order valence-electron chi connectivity index (χ1n) is 8.77. The highest BCUT2D eigenvalue weighted by Crippen LogP contribution is 2.23. The monoisotopic (exact) mass is 347 g/mol. The van der Waals surface area contributed by atoms with Gasteiger partial charge in [0.15, 0.2) is 0 Å². The van der Waals surface area contributed by atoms with Crippen molar-refractivity contribution >= 4 is 17.5 Å². The van der Waals surface area contributed by atoms with Gasteiger partial charge in [-0.3, -0.25) is 0 Å². The van der Waals surface area contributed by atoms with Gasteiger partial charge in [-0.25, -0.2) is 4.98 Å². The topological polar surface area (TPSA) is 53.1 Å². The van der Waals surface area contributed by atoms with Crippen LogP contribution in [0.2, 0.25) is 0 Å². The van der Waals surface area contributed by atoms with Crippen LogP contribution in [0.1, 0.15) is 5.56 Å². The van der Waals surface area contributed by atoms with Crippen molar-refractivity contribution in [2.75, 3.05) is 37.8 Å². The summed E-state index contributed by atoms with van der Waals surface area (Å²) < 4.78 is 0. The van der Waals surface area contributed by atoms with E-state index < -0.39 is 0 Å². The third-order valence-corrected chi connectivity index (χ3v) is 3.97. The molecular weight excluding hydrogens is 322 g/mol. The number of hydrogen-bond donors (Lipinski definition) is 2. The Bertz CT molecular complexity index is 829. The van der Waals surface area contributed by atoms with Crippen LogP contribution >= 0.6 is 0 Å². The maximum absolute atomic E-state index is 4.69. The molecule has 1 aromatic heterocycles. The van der Waals surface area contributed by atoms with Crippen molar-refractivity contribution in [3.8, 4) is 11.3 Å². The van der Waals surface area contributed by atoms with Crippen LogP contribution in [0.4, 0.5) is 17.5 Å². The Morgan fingerprint density at radius 3 is 2.35 bits per heavy atom. The minimum atomic E-state index is 0.586. The molecular formula is C21H25N5. The molecule has 0 aliphatic rings. The molecule has 0 aliphatic carbocycles. The maximum atomic E-state index is 4.69. The van der Waals surface area contributed by atoms with Gasteiger partial charge in [-0.15, -0.1) is 0 Å². The van der Waals surface area contributed by atoms with Crippen LogP contribution in [0.3, 0.4) is 0 Å². The highest BCUT2D eigenvalue weighted by molar-refractivity contribution is 5.66. The zero-order valence-electron chi connectivity index (χ0n) is 15.5. The van der Waals surface area contributed by atoms with E-state index in [2.05, 4.69) is 65.8 Å². The molecule has 0 radical (unpaired) electrons. The molecule has 26 heavy (non-hydrogen) atoms. The number of rotatable bonds is 7. The number of likely N-dealkylation sites (N-methyl/N-ethyl adjacent to an activating group) is 1. The van der Waals surface area contributed by atoms with Crippen molar-refractivity contribution in [1.29, 1.82) is 0 Å². The molecule has 0 saturated heterocycles. The number of nitrogens with zero attached hydrogens (tertiary/aromatic N) is 3. The predicted octanol–water partition coefficient (Wildman–Crippen LogP) is 4.17. The van der Waals surface area contributed by atoms with Crippen LogP contribution in [-0.2, 0) is 0 Å². The Hall–Kier alpha value is -2.92. The average molecular weight is 347 g/mol. The molecule has 5 nitrogen and oxygen atoms in total. The number of anilines is 3. The van der Waals surface area contributed by atoms with E-state index in [0.717, 1.165) is 35.9 Å². The van der Waals surface area contributed by atoms with E-state index in [0.29, 0.717) is 5.95 Å². The number of benzene rings is 2. The van der Waals surface area contributed by atoms with E-state index in [1.165, 1.54) is 5.56 Å². The SMILES string of the molecule is Cc1ccc(Nc2nc(NCCN(C)C)cc(-c3ccccc3)n2)cc1. The average Bonchev–Trinajstić information content (AvgIpc) is 2.64. The summed E-state index contributed by atoms with van der Waals surface area (Å²) in [4.78, 5) is 11.5. The zero-order chi connectivity index (χ0) is 18.4. The van der Waals surface area contributed by atoms with Crippen molar-refractivity contribution < 1.29 is 0 Å². The molecule has 0 saturated carbocycles. The quantitative estimate of drug-likeness (QED) is 0.672. The first-order valence-corrected chi connectivity index (χ1v) is 8.77. The van der Waals surface area contributed by atoms with Crippen LogP contribution < -0.4 is 10.6 Å². The number of aryl methyl sites for hydroxylation is 1. The first kappa shape index (κ1) is 17.9. The molecule has 0 aliphatic heterocycles. The highest BCUT2D eigenvalue weighted by atomic mass is 15.2. The smallest absolute Gasteiger partial charge is 0.229 e. The summed E-state index contributed by atoms with van der Waals surface area (Å²) in [7, 11) is 4.11. The Balaban J connectivity index is 1.87. The lowest BCUT2D eigenvalue weighted by molar-refractivity contribution is 0.425. The number of nitrogens with one attached hydrogen (secondary N) is 2. The minimum absolute atomic E-state index is 0.586. The molecule has 3 rings (SSSR count). The molecule has 0 amide bonds. The third-order valence-electron chi connectivity index (χ3n) is 3.97. The molecule has 0 unspecified atom stereocenters. The molecule has 0 spiro atoms. The standard InChI is InChI=1S/C21H25N5/c1-16-9-11-18(12-10-16)23-21-24-19(17-7-5-4-6-8-17)15-20(25-21)22-13-14-26(2)3/h4-12,15H,13-14H2,1-3H3,(H2,22,23,24,25). The Morgan fingerprint density at radius 2 is 1.65 bits per heavy atom. The zero-order valence-corrected chi connectivity index (χ0v) is 15.5. The van der Waals surface area contributed by atoms with Crippen molar-refractivity contribution in [3.63, 3.8) is 0 Å². The first-order chi connectivity index (χ1) is 12.6. The Morgan fingerprint density at radius 1 is 0.923 bits per heavy atom. The number of hydrogen-bond acceptors (Lipinski definition) is 5. The lowest BCUT2D eigenvalue weighted by atomic mass is 10.1. The molecule has 1 heterocycles. The van der Waals surface area contributed by atoms with Crippen molar-refractivity contribution in [3.05, 3.63) is 66.2 Å². The molecule has 0 atom stereocenters. The van der Waals surface area contributed by atoms with E-state index in [1.807, 2.05) is 36.4 Å². The predicted molar refractivity (Wildman–Crippen MR) is 109 cm³/mol. The van der Waals surface area contributed by atoms with Crippen LogP contribution in [0, 0.1) is 6.92 Å². The van der Waals surface area contributed by atoms with Gasteiger partial charge in [-0.1, -0.05) is 48.0 Å². The van der Waals surface area contributed by atoms with Gasteiger partial charge in [0.25, 0.3) is 0 Å². The molecule has 134 valence electrons. The largest absolute Gasteiger partial charge is 0.369 e. The van der Waals surface area contributed by atoms with E-state index in [-0.39, 0.29) is 0 Å². The summed E-state index contributed by atoms with van der Waals surface area (Å²) in [5.74, 6) is 1.40. The van der Waals surface area contributed by atoms with Crippen molar-refractivity contribution in [2.24, 2.45) is 0 Å². The fraction of sp³-hybridized carbons (Fsp3) is 0.238. The maximum Gasteiger partial charge on any atom is 0.229 e. The van der Waals surface area contributed by atoms with Gasteiger partial charge < -0.3 is 15.5 Å². The summed E-state index contributed by atoms with van der Waals surface area (Å²) in [6, 6.07) is 20.4. The summed E-state index contributed by atoms with van der Waals surface area (Å²) >= 11 is 0. The molecule has 0 bridgehead atoms. The second kappa shape index (κ2) is 8.45. The van der Waals surface area contributed by atoms with Gasteiger partial charge in [-0.05, 0) is 33.2 Å². The van der Waals surface area contributed by atoms with Crippen LogP contribution in [0.15, 0.2) is 60.7 Å². The highest BCUT2D eigenvalue weighted by Gasteiger charge is 2.07. The van der Waals surface area contributed by atoms with E-state index in [9.17, 15) is 0 Å². The van der Waals surface area contributed by atoms with Crippen LogP contribution in [0.5, 0.6) is 0 Å².